The van der Waals surface area contributed by atoms with Crippen molar-refractivity contribution >= 4 is 5.97 Å². The van der Waals surface area contributed by atoms with Crippen molar-refractivity contribution < 1.29 is 14.6 Å². The Morgan fingerprint density at radius 3 is 0.706 bits per heavy atom. The normalized spacial score (nSPS) is 3.44. The van der Waals surface area contributed by atoms with Gasteiger partial charge in [-0.05, 0) is 0 Å². The summed E-state index contributed by atoms with van der Waals surface area (Å²) < 4.78 is 4.33. The second-order valence-corrected chi connectivity index (χ2v) is 1.10. The highest BCUT2D eigenvalue weighted by atomic mass is 16.5. The zero-order chi connectivity index (χ0) is 32.4. The van der Waals surface area contributed by atoms with Crippen LogP contribution in [0.15, 0.2) is 184 Å². The molecule has 0 rings (SSSR count). The fourth-order valence-electron chi connectivity index (χ4n) is 0.205. The van der Waals surface area contributed by atoms with Crippen LogP contribution in [0.3, 0.4) is 0 Å². The van der Waals surface area contributed by atoms with Crippen molar-refractivity contribution in [1.82, 2.24) is 0 Å². The van der Waals surface area contributed by atoms with Gasteiger partial charge < -0.3 is 9.84 Å². The van der Waals surface area contributed by atoms with E-state index in [-0.39, 0.29) is 13.2 Å². The standard InChI is InChI=1S/C5H8O3.13C2H4/c1-2-5(7)8-4-3-6;13*1-2/h2,6H,1,3-4H2;13*1-2H2. The van der Waals surface area contributed by atoms with Crippen molar-refractivity contribution in [2.45, 2.75) is 0 Å². The van der Waals surface area contributed by atoms with E-state index in [1.807, 2.05) is 0 Å². The highest BCUT2D eigenvalue weighted by Crippen LogP contribution is 1.75. The van der Waals surface area contributed by atoms with Crippen LogP contribution in [0, 0.1) is 0 Å². The Kier molecular flexibility index (Phi) is 8320. The summed E-state index contributed by atoms with van der Waals surface area (Å²) in [5.74, 6) is -0.501. The lowest BCUT2D eigenvalue weighted by molar-refractivity contribution is -0.138. The topological polar surface area (TPSA) is 46.5 Å². The largest absolute Gasteiger partial charge is 0.460 e. The summed E-state index contributed by atoms with van der Waals surface area (Å²) in [4.78, 5) is 10.1. The zero-order valence-electron chi connectivity index (χ0n) is 22.8. The minimum absolute atomic E-state index is 0.0465. The van der Waals surface area contributed by atoms with Gasteiger partial charge in [-0.3, -0.25) is 0 Å². The number of carbonyl (C=O) groups is 1. The van der Waals surface area contributed by atoms with Gasteiger partial charge in [0, 0.05) is 6.08 Å². The van der Waals surface area contributed by atoms with E-state index in [2.05, 4.69) is 182 Å². The van der Waals surface area contributed by atoms with Crippen LogP contribution < -0.4 is 0 Å². The van der Waals surface area contributed by atoms with Crippen LogP contribution in [0.4, 0.5) is 0 Å². The van der Waals surface area contributed by atoms with E-state index in [0.717, 1.165) is 6.08 Å². The maximum Gasteiger partial charge on any atom is 0.330 e. The molecule has 0 heterocycles. The van der Waals surface area contributed by atoms with Gasteiger partial charge in [0.05, 0.1) is 6.61 Å². The van der Waals surface area contributed by atoms with Crippen LogP contribution in [0.2, 0.25) is 0 Å². The number of hydrogen-bond acceptors (Lipinski definition) is 3. The van der Waals surface area contributed by atoms with Gasteiger partial charge >= 0.3 is 5.97 Å². The van der Waals surface area contributed by atoms with Crippen molar-refractivity contribution in [2.24, 2.45) is 0 Å². The first kappa shape index (κ1) is 99.0. The number of aliphatic hydroxyl groups is 1. The second-order valence-electron chi connectivity index (χ2n) is 1.10. The highest BCUT2D eigenvalue weighted by Gasteiger charge is 1.90. The molecule has 202 valence electrons. The van der Waals surface area contributed by atoms with E-state index in [0.29, 0.717) is 0 Å². The van der Waals surface area contributed by atoms with Crippen molar-refractivity contribution in [3.8, 4) is 0 Å². The molecule has 0 aromatic carbocycles. The third-order valence-corrected chi connectivity index (χ3v) is 0.502. The lowest BCUT2D eigenvalue weighted by atomic mass is 10.6. The number of carbonyl (C=O) groups excluding carboxylic acids is 1. The first-order valence-electron chi connectivity index (χ1n) is 8.71. The van der Waals surface area contributed by atoms with Crippen molar-refractivity contribution in [1.29, 1.82) is 0 Å². The van der Waals surface area contributed by atoms with Gasteiger partial charge in [0.2, 0.25) is 0 Å². The number of esters is 1. The molecule has 0 aromatic rings. The third-order valence-electron chi connectivity index (χ3n) is 0.502. The van der Waals surface area contributed by atoms with Gasteiger partial charge in [-0.2, -0.15) is 0 Å². The van der Waals surface area contributed by atoms with Crippen LogP contribution in [0.1, 0.15) is 0 Å². The van der Waals surface area contributed by atoms with Crippen molar-refractivity contribution in [3.05, 3.63) is 184 Å². The molecule has 0 atom stereocenters. The van der Waals surface area contributed by atoms with E-state index in [4.69, 9.17) is 5.11 Å². The molecule has 0 saturated heterocycles. The van der Waals surface area contributed by atoms with Crippen molar-refractivity contribution in [3.63, 3.8) is 0 Å². The summed E-state index contributed by atoms with van der Waals surface area (Å²) in [5, 5.41) is 8.10. The van der Waals surface area contributed by atoms with E-state index in [1.54, 1.807) is 0 Å². The average molecular weight is 481 g/mol. The third kappa shape index (κ3) is 6220. The Morgan fingerprint density at radius 2 is 0.618 bits per heavy atom. The minimum atomic E-state index is -0.501. The molecule has 3 nitrogen and oxygen atoms in total. The smallest absolute Gasteiger partial charge is 0.330 e. The van der Waals surface area contributed by atoms with E-state index >= 15 is 0 Å². The lowest BCUT2D eigenvalue weighted by Gasteiger charge is -1.94. The quantitative estimate of drug-likeness (QED) is 0.248. The zero-order valence-corrected chi connectivity index (χ0v) is 22.8. The average Bonchev–Trinajstić information content (AvgIpc) is 3.05. The second kappa shape index (κ2) is 2860. The summed E-state index contributed by atoms with van der Waals surface area (Å²) >= 11 is 0. The lowest BCUT2D eigenvalue weighted by Crippen LogP contribution is -2.04. The molecular weight excluding hydrogens is 420 g/mol. The SMILES string of the molecule is C=C.C=C.C=C.C=C.C=C.C=C.C=C.C=C.C=C.C=C.C=C.C=C.C=C.C=CC(=O)OCCO. The summed E-state index contributed by atoms with van der Waals surface area (Å²) in [6.07, 6.45) is 1.05. The van der Waals surface area contributed by atoms with Gasteiger partial charge in [0.25, 0.3) is 0 Å². The van der Waals surface area contributed by atoms with Gasteiger partial charge in [-0.1, -0.05) is 6.58 Å². The minimum Gasteiger partial charge on any atom is -0.460 e. The fraction of sp³-hybridized carbons (Fsp3) is 0.0645. The molecule has 0 saturated carbocycles. The highest BCUT2D eigenvalue weighted by molar-refractivity contribution is 5.81. The summed E-state index contributed by atoms with van der Waals surface area (Å²) in [6.45, 7) is 81.1. The molecule has 34 heavy (non-hydrogen) atoms. The van der Waals surface area contributed by atoms with Gasteiger partial charge in [-0.25, -0.2) is 4.79 Å². The Hall–Kier alpha value is -4.21. The molecule has 1 N–H and O–H groups in total. The number of rotatable bonds is 3. The van der Waals surface area contributed by atoms with E-state index in [9.17, 15) is 4.79 Å². The monoisotopic (exact) mass is 480 g/mol. The first-order valence-corrected chi connectivity index (χ1v) is 8.71. The Morgan fingerprint density at radius 1 is 0.471 bits per heavy atom. The predicted octanol–water partition coefficient (Wildman–Crippen LogP) is 10.1. The van der Waals surface area contributed by atoms with Crippen LogP contribution in [-0.4, -0.2) is 24.3 Å². The van der Waals surface area contributed by atoms with Crippen LogP contribution in [0.5, 0.6) is 0 Å². The first-order chi connectivity index (χ1) is 16.8. The molecule has 0 aliphatic rings. The van der Waals surface area contributed by atoms with Gasteiger partial charge in [0.15, 0.2) is 0 Å². The van der Waals surface area contributed by atoms with Gasteiger partial charge in [0.1, 0.15) is 6.61 Å². The molecule has 0 radical (unpaired) electrons. The molecule has 0 aliphatic carbocycles. The molecule has 0 aromatic heterocycles. The molecule has 3 heteroatoms. The predicted molar refractivity (Wildman–Crippen MR) is 175 cm³/mol. The summed E-state index contributed by atoms with van der Waals surface area (Å²) in [5.41, 5.74) is 0. The van der Waals surface area contributed by atoms with E-state index < -0.39 is 5.97 Å². The van der Waals surface area contributed by atoms with E-state index in [1.165, 1.54) is 0 Å². The molecule has 0 unspecified atom stereocenters. The molecule has 0 aliphatic heterocycles. The summed E-state index contributed by atoms with van der Waals surface area (Å²) in [7, 11) is 0. The molecule has 0 amide bonds. The van der Waals surface area contributed by atoms with Crippen LogP contribution >= 0.6 is 0 Å². The maximum atomic E-state index is 10.1. The Labute approximate surface area is 217 Å². The summed E-state index contributed by atoms with van der Waals surface area (Å²) in [6, 6.07) is 0. The number of ether oxygens (including phenoxy) is 1. The Bertz CT molecular complexity index is 193. The fourth-order valence-corrected chi connectivity index (χ4v) is 0.205. The van der Waals surface area contributed by atoms with Crippen LogP contribution in [0.25, 0.3) is 0 Å². The molecule has 0 fully saturated rings. The maximum absolute atomic E-state index is 10.1. The Balaban J connectivity index is -0.0000000113. The molecule has 0 spiro atoms. The number of aliphatic hydroxyl groups excluding tert-OH is 1. The molecule has 0 bridgehead atoms. The van der Waals surface area contributed by atoms with Crippen molar-refractivity contribution in [2.75, 3.05) is 13.2 Å². The number of hydrogen-bond donors (Lipinski definition) is 1. The molecular formula is C31H60O3. The van der Waals surface area contributed by atoms with Gasteiger partial charge in [-0.15, -0.1) is 171 Å². The van der Waals surface area contributed by atoms with Crippen LogP contribution in [-0.2, 0) is 9.53 Å².